The summed E-state index contributed by atoms with van der Waals surface area (Å²) < 4.78 is 0. The number of carbonyl (C=O) groups excluding carboxylic acids is 1. The highest BCUT2D eigenvalue weighted by atomic mass is 16.3. The van der Waals surface area contributed by atoms with Gasteiger partial charge in [-0.05, 0) is 83.5 Å². The van der Waals surface area contributed by atoms with E-state index in [1.54, 1.807) is 6.08 Å². The Kier molecular flexibility index (Phi) is 62.2. The molecule has 3 N–H and O–H groups in total. The van der Waals surface area contributed by atoms with Gasteiger partial charge in [0.05, 0.1) is 18.8 Å². The first-order valence-electron chi connectivity index (χ1n) is 32.5. The van der Waals surface area contributed by atoms with Gasteiger partial charge in [0.1, 0.15) is 0 Å². The van der Waals surface area contributed by atoms with Crippen LogP contribution in [0.1, 0.15) is 322 Å². The lowest BCUT2D eigenvalue weighted by atomic mass is 10.0. The van der Waals surface area contributed by atoms with Crippen molar-refractivity contribution in [1.29, 1.82) is 0 Å². The number of aliphatic hydroxyl groups is 2. The van der Waals surface area contributed by atoms with Gasteiger partial charge in [0.2, 0.25) is 5.91 Å². The Hall–Kier alpha value is -2.69. The van der Waals surface area contributed by atoms with E-state index in [9.17, 15) is 15.0 Å². The minimum Gasteiger partial charge on any atom is -0.394 e. The van der Waals surface area contributed by atoms with E-state index in [4.69, 9.17) is 0 Å². The van der Waals surface area contributed by atoms with E-state index in [1.807, 2.05) is 6.08 Å². The predicted molar refractivity (Wildman–Crippen MR) is 331 cm³/mol. The fourth-order valence-electron chi connectivity index (χ4n) is 9.67. The molecule has 0 fully saturated rings. The number of aliphatic hydroxyl groups excluding tert-OH is 2. The molecule has 0 aliphatic carbocycles. The fraction of sp³-hybridized carbons (Fsp3) is 0.757. The van der Waals surface area contributed by atoms with Gasteiger partial charge in [-0.2, -0.15) is 0 Å². The summed E-state index contributed by atoms with van der Waals surface area (Å²) in [6, 6.07) is -0.645. The Labute approximate surface area is 462 Å². The lowest BCUT2D eigenvalue weighted by Crippen LogP contribution is -2.45. The lowest BCUT2D eigenvalue weighted by molar-refractivity contribution is -0.123. The standard InChI is InChI=1S/C70H125NO3/c1-3-5-7-9-11-13-15-17-19-21-23-25-27-29-31-32-33-34-35-36-37-38-40-42-44-46-48-50-52-54-56-58-60-62-64-66-70(74)71-68(67-72)69(73)65-63-61-59-57-55-53-51-49-47-45-43-41-39-30-28-26-24-22-20-18-16-14-12-10-8-6-4-2/h5,7,11,13,17,19,23,25,29,31,33-34,55,57,63,65,68-69,72-73H,3-4,6,8-10,12,14-16,18,20-22,24,26-28,30,32,35-54,56,58-62,64,66-67H2,1-2H3,(H,71,74)/b7-5-,13-11-,19-17-,25-23-,31-29-,34-33-,57-55+,65-63+. The van der Waals surface area contributed by atoms with Crippen molar-refractivity contribution in [3.63, 3.8) is 0 Å². The van der Waals surface area contributed by atoms with Crippen LogP contribution in [0.5, 0.6) is 0 Å². The normalized spacial score (nSPS) is 13.4. The molecule has 1 amide bonds. The van der Waals surface area contributed by atoms with Crippen LogP contribution < -0.4 is 5.32 Å². The Morgan fingerprint density at radius 1 is 0.338 bits per heavy atom. The molecular weight excluding hydrogens is 903 g/mol. The summed E-state index contributed by atoms with van der Waals surface area (Å²) in [5.41, 5.74) is 0. The van der Waals surface area contributed by atoms with Crippen molar-refractivity contribution in [3.8, 4) is 0 Å². The van der Waals surface area contributed by atoms with Crippen molar-refractivity contribution in [2.75, 3.05) is 6.61 Å². The Morgan fingerprint density at radius 2 is 0.608 bits per heavy atom. The lowest BCUT2D eigenvalue weighted by Gasteiger charge is -2.19. The number of amides is 1. The highest BCUT2D eigenvalue weighted by molar-refractivity contribution is 5.76. The Balaban J connectivity index is 3.52. The van der Waals surface area contributed by atoms with Crippen LogP contribution >= 0.6 is 0 Å². The number of nitrogens with one attached hydrogen (secondary N) is 1. The first kappa shape index (κ1) is 71.3. The third-order valence-corrected chi connectivity index (χ3v) is 14.6. The molecular formula is C70H125NO3. The van der Waals surface area contributed by atoms with Crippen molar-refractivity contribution < 1.29 is 15.0 Å². The summed E-state index contributed by atoms with van der Waals surface area (Å²) in [5.74, 6) is -0.0727. The molecule has 0 aromatic carbocycles. The highest BCUT2D eigenvalue weighted by Gasteiger charge is 2.18. The molecule has 4 heteroatoms. The van der Waals surface area contributed by atoms with Crippen molar-refractivity contribution in [3.05, 3.63) is 97.2 Å². The van der Waals surface area contributed by atoms with Gasteiger partial charge in [-0.3, -0.25) is 4.79 Å². The smallest absolute Gasteiger partial charge is 0.220 e. The number of unbranched alkanes of at least 4 members (excludes halogenated alkanes) is 38. The van der Waals surface area contributed by atoms with Crippen LogP contribution in [0.4, 0.5) is 0 Å². The van der Waals surface area contributed by atoms with E-state index in [-0.39, 0.29) is 12.5 Å². The zero-order valence-electron chi connectivity index (χ0n) is 49.3. The largest absolute Gasteiger partial charge is 0.394 e. The van der Waals surface area contributed by atoms with E-state index in [0.717, 1.165) is 70.6 Å². The van der Waals surface area contributed by atoms with Crippen molar-refractivity contribution in [1.82, 2.24) is 5.32 Å². The maximum atomic E-state index is 12.5. The summed E-state index contributed by atoms with van der Waals surface area (Å²) in [4.78, 5) is 12.5. The molecule has 0 bridgehead atoms. The number of hydrogen-bond donors (Lipinski definition) is 3. The zero-order valence-corrected chi connectivity index (χ0v) is 49.3. The topological polar surface area (TPSA) is 69.6 Å². The molecule has 0 aliphatic rings. The second kappa shape index (κ2) is 64.6. The highest BCUT2D eigenvalue weighted by Crippen LogP contribution is 2.17. The van der Waals surface area contributed by atoms with Gasteiger partial charge in [0.25, 0.3) is 0 Å². The van der Waals surface area contributed by atoms with Crippen LogP contribution in [0.15, 0.2) is 97.2 Å². The second-order valence-electron chi connectivity index (χ2n) is 21.8. The third-order valence-electron chi connectivity index (χ3n) is 14.6. The van der Waals surface area contributed by atoms with E-state index >= 15 is 0 Å². The van der Waals surface area contributed by atoms with Gasteiger partial charge in [-0.25, -0.2) is 0 Å². The maximum absolute atomic E-state index is 12.5. The quantitative estimate of drug-likeness (QED) is 0.0420. The van der Waals surface area contributed by atoms with Gasteiger partial charge in [0, 0.05) is 6.42 Å². The maximum Gasteiger partial charge on any atom is 0.220 e. The van der Waals surface area contributed by atoms with Crippen LogP contribution in [-0.2, 0) is 4.79 Å². The number of allylic oxidation sites excluding steroid dienone is 15. The van der Waals surface area contributed by atoms with E-state index in [0.29, 0.717) is 6.42 Å². The SMILES string of the molecule is CC/C=C\C/C=C\C/C=C\C/C=C\C/C=C\C/C=C\CCCCCCCCCCCCCCCCCCC(=O)NC(CO)C(O)/C=C/CC/C=C/CCCCCCCCCCCCCCCCCCCCCCC. The average Bonchev–Trinajstić information content (AvgIpc) is 3.40. The van der Waals surface area contributed by atoms with Crippen LogP contribution in [0.25, 0.3) is 0 Å². The molecule has 0 aromatic heterocycles. The molecule has 0 aliphatic heterocycles. The molecule has 0 heterocycles. The van der Waals surface area contributed by atoms with E-state index < -0.39 is 12.1 Å². The molecule has 0 rings (SSSR count). The zero-order chi connectivity index (χ0) is 53.4. The molecule has 0 saturated carbocycles. The summed E-state index contributed by atoms with van der Waals surface area (Å²) in [7, 11) is 0. The monoisotopic (exact) mass is 1030 g/mol. The van der Waals surface area contributed by atoms with Crippen LogP contribution in [0.2, 0.25) is 0 Å². The molecule has 0 saturated heterocycles. The fourth-order valence-corrected chi connectivity index (χ4v) is 9.67. The third kappa shape index (κ3) is 60.2. The van der Waals surface area contributed by atoms with Gasteiger partial charge in [-0.15, -0.1) is 0 Å². The van der Waals surface area contributed by atoms with Gasteiger partial charge >= 0.3 is 0 Å². The number of carbonyl (C=O) groups is 1. The molecule has 0 radical (unpaired) electrons. The first-order valence-corrected chi connectivity index (χ1v) is 32.5. The van der Waals surface area contributed by atoms with Gasteiger partial charge < -0.3 is 15.5 Å². The molecule has 74 heavy (non-hydrogen) atoms. The van der Waals surface area contributed by atoms with Crippen LogP contribution in [0.3, 0.4) is 0 Å². The summed E-state index contributed by atoms with van der Waals surface area (Å²) in [6.07, 6.45) is 96.1. The molecule has 428 valence electrons. The first-order chi connectivity index (χ1) is 36.7. The molecule has 0 aromatic rings. The second-order valence-corrected chi connectivity index (χ2v) is 21.8. The van der Waals surface area contributed by atoms with Crippen LogP contribution in [0, 0.1) is 0 Å². The molecule has 0 spiro atoms. The van der Waals surface area contributed by atoms with Crippen molar-refractivity contribution >= 4 is 5.91 Å². The summed E-state index contributed by atoms with van der Waals surface area (Å²) >= 11 is 0. The van der Waals surface area contributed by atoms with E-state index in [1.165, 1.54) is 231 Å². The van der Waals surface area contributed by atoms with Crippen LogP contribution in [-0.4, -0.2) is 34.9 Å². The van der Waals surface area contributed by atoms with Gasteiger partial charge in [0.15, 0.2) is 0 Å². The van der Waals surface area contributed by atoms with E-state index in [2.05, 4.69) is 104 Å². The molecule has 4 nitrogen and oxygen atoms in total. The molecule has 2 atom stereocenters. The minimum atomic E-state index is -0.868. The van der Waals surface area contributed by atoms with Crippen molar-refractivity contribution in [2.45, 2.75) is 334 Å². The Morgan fingerprint density at radius 3 is 0.946 bits per heavy atom. The predicted octanol–water partition coefficient (Wildman–Crippen LogP) is 22.0. The molecule has 2 unspecified atom stereocenters. The average molecular weight is 1030 g/mol. The summed E-state index contributed by atoms with van der Waals surface area (Å²) in [6.45, 7) is 4.21. The minimum absolute atomic E-state index is 0.0727. The van der Waals surface area contributed by atoms with Gasteiger partial charge in [-0.1, -0.05) is 329 Å². The van der Waals surface area contributed by atoms with Crippen molar-refractivity contribution in [2.24, 2.45) is 0 Å². The number of hydrogen-bond acceptors (Lipinski definition) is 3. The Bertz CT molecular complexity index is 1350. The summed E-state index contributed by atoms with van der Waals surface area (Å²) in [5, 5.41) is 23.2. The number of rotatable bonds is 59.